The van der Waals surface area contributed by atoms with Crippen molar-refractivity contribution in [1.82, 2.24) is 9.38 Å². The van der Waals surface area contributed by atoms with Crippen LogP contribution in [-0.2, 0) is 11.2 Å². The fourth-order valence-corrected chi connectivity index (χ4v) is 3.59. The van der Waals surface area contributed by atoms with Gasteiger partial charge in [-0.1, -0.05) is 24.3 Å². The Hall–Kier alpha value is -2.99. The highest BCUT2D eigenvalue weighted by molar-refractivity contribution is 7.15. The lowest BCUT2D eigenvalue weighted by Crippen LogP contribution is -2.16. The lowest BCUT2D eigenvalue weighted by Gasteiger charge is -2.09. The average Bonchev–Trinajstić information content (AvgIpc) is 3.21. The number of thiazole rings is 1. The van der Waals surface area contributed by atoms with Crippen molar-refractivity contribution in [2.75, 3.05) is 5.32 Å². The van der Waals surface area contributed by atoms with Crippen molar-refractivity contribution in [3.05, 3.63) is 77.1 Å². The van der Waals surface area contributed by atoms with E-state index in [9.17, 15) is 9.18 Å². The molecule has 4 rings (SSSR count). The molecule has 0 spiro atoms. The third-order valence-corrected chi connectivity index (χ3v) is 5.01. The molecular formula is C20H16FN3OS. The molecule has 0 aliphatic rings. The summed E-state index contributed by atoms with van der Waals surface area (Å²) in [5.74, 6) is 0.182. The first-order chi connectivity index (χ1) is 12.6. The number of benzene rings is 2. The van der Waals surface area contributed by atoms with Gasteiger partial charge in [0.25, 0.3) is 0 Å². The van der Waals surface area contributed by atoms with Gasteiger partial charge in [0.1, 0.15) is 17.3 Å². The van der Waals surface area contributed by atoms with E-state index in [2.05, 4.69) is 10.3 Å². The molecule has 0 aliphatic heterocycles. The zero-order valence-electron chi connectivity index (χ0n) is 14.1. The number of carbonyl (C=O) groups is 1. The maximum Gasteiger partial charge on any atom is 0.229 e. The highest BCUT2D eigenvalue weighted by atomic mass is 32.1. The van der Waals surface area contributed by atoms with E-state index in [1.54, 1.807) is 12.1 Å². The van der Waals surface area contributed by atoms with Crippen molar-refractivity contribution in [2.24, 2.45) is 0 Å². The van der Waals surface area contributed by atoms with Crippen molar-refractivity contribution in [3.63, 3.8) is 0 Å². The van der Waals surface area contributed by atoms with Gasteiger partial charge in [-0.2, -0.15) is 0 Å². The molecule has 4 nitrogen and oxygen atoms in total. The van der Waals surface area contributed by atoms with Crippen molar-refractivity contribution in [3.8, 4) is 11.3 Å². The number of aryl methyl sites for hydroxylation is 1. The minimum Gasteiger partial charge on any atom is -0.310 e. The molecule has 0 atom stereocenters. The van der Waals surface area contributed by atoms with Crippen LogP contribution < -0.4 is 5.32 Å². The van der Waals surface area contributed by atoms with Crippen molar-refractivity contribution in [2.45, 2.75) is 13.3 Å². The van der Waals surface area contributed by atoms with E-state index in [0.29, 0.717) is 11.5 Å². The van der Waals surface area contributed by atoms with Crippen molar-refractivity contribution in [1.29, 1.82) is 0 Å². The van der Waals surface area contributed by atoms with E-state index in [1.165, 1.54) is 23.5 Å². The Kier molecular flexibility index (Phi) is 4.26. The molecule has 0 fully saturated rings. The van der Waals surface area contributed by atoms with Crippen LogP contribution in [0.1, 0.15) is 11.1 Å². The zero-order valence-corrected chi connectivity index (χ0v) is 14.9. The summed E-state index contributed by atoms with van der Waals surface area (Å²) in [5.41, 5.74) is 3.46. The molecule has 0 unspecified atom stereocenters. The molecule has 2 heterocycles. The van der Waals surface area contributed by atoms with Crippen LogP contribution in [-0.4, -0.2) is 15.3 Å². The third kappa shape index (κ3) is 3.11. The number of imidazole rings is 1. The Balaban J connectivity index is 1.68. The van der Waals surface area contributed by atoms with Gasteiger partial charge in [0.15, 0.2) is 4.96 Å². The summed E-state index contributed by atoms with van der Waals surface area (Å²) in [7, 11) is 0. The Bertz CT molecular complexity index is 1080. The first-order valence-electron chi connectivity index (χ1n) is 8.17. The van der Waals surface area contributed by atoms with Crippen molar-refractivity contribution < 1.29 is 9.18 Å². The van der Waals surface area contributed by atoms with Crippen LogP contribution in [0.3, 0.4) is 0 Å². The Morgan fingerprint density at radius 1 is 1.19 bits per heavy atom. The zero-order chi connectivity index (χ0) is 18.1. The molecular weight excluding hydrogens is 349 g/mol. The number of hydrogen-bond acceptors (Lipinski definition) is 3. The predicted octanol–water partition coefficient (Wildman–Crippen LogP) is 4.69. The highest BCUT2D eigenvalue weighted by Gasteiger charge is 2.17. The first-order valence-corrected chi connectivity index (χ1v) is 9.05. The quantitative estimate of drug-likeness (QED) is 0.570. The number of aromatic nitrogens is 2. The van der Waals surface area contributed by atoms with Gasteiger partial charge >= 0.3 is 0 Å². The van der Waals surface area contributed by atoms with E-state index in [1.807, 2.05) is 47.2 Å². The largest absolute Gasteiger partial charge is 0.310 e. The Morgan fingerprint density at radius 2 is 1.96 bits per heavy atom. The van der Waals surface area contributed by atoms with E-state index >= 15 is 0 Å². The van der Waals surface area contributed by atoms with Crippen LogP contribution in [0, 0.1) is 12.7 Å². The third-order valence-electron chi connectivity index (χ3n) is 4.25. The number of anilines is 1. The molecule has 1 amide bonds. The number of fused-ring (bicyclic) bond motifs is 1. The number of amides is 1. The molecule has 0 radical (unpaired) electrons. The molecule has 6 heteroatoms. The van der Waals surface area contributed by atoms with Crippen LogP contribution in [0.15, 0.2) is 60.1 Å². The molecule has 1 N–H and O–H groups in total. The smallest absolute Gasteiger partial charge is 0.229 e. The molecule has 0 bridgehead atoms. The summed E-state index contributed by atoms with van der Waals surface area (Å²) in [4.78, 5) is 18.0. The molecule has 26 heavy (non-hydrogen) atoms. The minimum atomic E-state index is -0.306. The minimum absolute atomic E-state index is 0.115. The monoisotopic (exact) mass is 365 g/mol. The number of carbonyl (C=O) groups excluding carboxylic acids is 1. The predicted molar refractivity (Wildman–Crippen MR) is 102 cm³/mol. The first kappa shape index (κ1) is 16.5. The van der Waals surface area contributed by atoms with E-state index in [-0.39, 0.29) is 18.1 Å². The topological polar surface area (TPSA) is 46.4 Å². The molecule has 0 aliphatic carbocycles. The van der Waals surface area contributed by atoms with Gasteiger partial charge in [-0.25, -0.2) is 9.37 Å². The van der Waals surface area contributed by atoms with Crippen LogP contribution in [0.4, 0.5) is 10.2 Å². The van der Waals surface area contributed by atoms with Crippen LogP contribution >= 0.6 is 11.3 Å². The lowest BCUT2D eigenvalue weighted by atomic mass is 10.1. The molecule has 0 saturated heterocycles. The van der Waals surface area contributed by atoms with Gasteiger partial charge in [-0.3, -0.25) is 9.20 Å². The summed E-state index contributed by atoms with van der Waals surface area (Å²) in [6.07, 6.45) is 2.15. The number of hydrogen-bond donors (Lipinski definition) is 1. The van der Waals surface area contributed by atoms with Gasteiger partial charge in [-0.05, 0) is 42.3 Å². The summed E-state index contributed by atoms with van der Waals surface area (Å²) in [6, 6.07) is 13.9. The maximum absolute atomic E-state index is 13.2. The SMILES string of the molecule is Cc1ccccc1CC(=O)Nc1c(-c2ccc(F)cc2)nc2sccn12. The molecule has 130 valence electrons. The lowest BCUT2D eigenvalue weighted by molar-refractivity contribution is -0.115. The molecule has 0 saturated carbocycles. The average molecular weight is 365 g/mol. The second-order valence-electron chi connectivity index (χ2n) is 6.02. The summed E-state index contributed by atoms with van der Waals surface area (Å²) in [6.45, 7) is 1.99. The van der Waals surface area contributed by atoms with Crippen molar-refractivity contribution >= 4 is 28.0 Å². The van der Waals surface area contributed by atoms with E-state index in [4.69, 9.17) is 0 Å². The number of nitrogens with zero attached hydrogens (tertiary/aromatic N) is 2. The van der Waals surface area contributed by atoms with Crippen LogP contribution in [0.5, 0.6) is 0 Å². The Morgan fingerprint density at radius 3 is 2.73 bits per heavy atom. The summed E-state index contributed by atoms with van der Waals surface area (Å²) in [5, 5.41) is 4.89. The van der Waals surface area contributed by atoms with Crippen LogP contribution in [0.25, 0.3) is 16.2 Å². The summed E-state index contributed by atoms with van der Waals surface area (Å²) >= 11 is 1.48. The van der Waals surface area contributed by atoms with Gasteiger partial charge < -0.3 is 5.32 Å². The number of nitrogens with one attached hydrogen (secondary N) is 1. The second kappa shape index (κ2) is 6.72. The normalized spacial score (nSPS) is 11.0. The van der Waals surface area contributed by atoms with Crippen LogP contribution in [0.2, 0.25) is 0 Å². The fraction of sp³-hybridized carbons (Fsp3) is 0.100. The Labute approximate surface area is 153 Å². The van der Waals surface area contributed by atoms with Gasteiger partial charge in [-0.15, -0.1) is 11.3 Å². The highest BCUT2D eigenvalue weighted by Crippen LogP contribution is 2.31. The fourth-order valence-electron chi connectivity index (χ4n) is 2.87. The molecule has 2 aromatic carbocycles. The van der Waals surface area contributed by atoms with Gasteiger partial charge in [0, 0.05) is 17.1 Å². The number of rotatable bonds is 4. The van der Waals surface area contributed by atoms with Gasteiger partial charge in [0.05, 0.1) is 6.42 Å². The van der Waals surface area contributed by atoms with E-state index in [0.717, 1.165) is 21.7 Å². The molecule has 2 aromatic heterocycles. The van der Waals surface area contributed by atoms with E-state index < -0.39 is 0 Å². The molecule has 4 aromatic rings. The number of halogens is 1. The maximum atomic E-state index is 13.2. The standard InChI is InChI=1S/C20H16FN3OS/c1-13-4-2-3-5-15(13)12-17(25)22-19-18(14-6-8-16(21)9-7-14)23-20-24(19)10-11-26-20/h2-11H,12H2,1H3,(H,22,25). The van der Waals surface area contributed by atoms with Gasteiger partial charge in [0.2, 0.25) is 5.91 Å². The second-order valence-corrected chi connectivity index (χ2v) is 6.90. The summed E-state index contributed by atoms with van der Waals surface area (Å²) < 4.78 is 15.1.